The number of allylic oxidation sites excluding steroid dienone is 1. The molecule has 1 aromatic carbocycles. The van der Waals surface area contributed by atoms with Crippen LogP contribution in [-0.4, -0.2) is 13.7 Å². The molecule has 0 saturated heterocycles. The van der Waals surface area contributed by atoms with Gasteiger partial charge in [-0.05, 0) is 37.5 Å². The molecule has 86 valence electrons. The minimum atomic E-state index is -3.13. The normalized spacial score (nSPS) is 16.6. The molecule has 1 saturated carbocycles. The molecular weight excluding hydrogens is 222 g/mol. The van der Waals surface area contributed by atoms with Crippen LogP contribution in [0.1, 0.15) is 25.3 Å². The molecule has 2 rings (SSSR count). The smallest absolute Gasteiger partial charge is 0.235 e. The van der Waals surface area contributed by atoms with Gasteiger partial charge in [0.2, 0.25) is 10.0 Å². The van der Waals surface area contributed by atoms with Crippen LogP contribution in [0.25, 0.3) is 6.08 Å². The zero-order valence-electron chi connectivity index (χ0n) is 9.18. The highest BCUT2D eigenvalue weighted by Gasteiger charge is 2.35. The minimum absolute atomic E-state index is 0.178. The van der Waals surface area contributed by atoms with E-state index in [0.29, 0.717) is 5.69 Å². The van der Waals surface area contributed by atoms with Crippen molar-refractivity contribution in [3.8, 4) is 0 Å². The van der Waals surface area contributed by atoms with Crippen LogP contribution in [0.15, 0.2) is 30.3 Å². The van der Waals surface area contributed by atoms with E-state index in [0.717, 1.165) is 18.4 Å². The first-order valence-electron chi connectivity index (χ1n) is 5.36. The van der Waals surface area contributed by atoms with Crippen molar-refractivity contribution in [2.75, 3.05) is 4.72 Å². The molecule has 0 aromatic heterocycles. The van der Waals surface area contributed by atoms with Crippen LogP contribution in [0.5, 0.6) is 0 Å². The molecule has 16 heavy (non-hydrogen) atoms. The van der Waals surface area contributed by atoms with Crippen LogP contribution < -0.4 is 4.72 Å². The zero-order chi connectivity index (χ0) is 11.6. The molecule has 1 N–H and O–H groups in total. The lowest BCUT2D eigenvalue weighted by atomic mass is 10.2. The van der Waals surface area contributed by atoms with E-state index < -0.39 is 10.0 Å². The molecule has 0 unspecified atom stereocenters. The molecule has 4 heteroatoms. The van der Waals surface area contributed by atoms with E-state index in [1.165, 1.54) is 0 Å². The van der Waals surface area contributed by atoms with Gasteiger partial charge in [0.15, 0.2) is 0 Å². The molecule has 3 nitrogen and oxygen atoms in total. The highest BCUT2D eigenvalue weighted by molar-refractivity contribution is 7.93. The summed E-state index contributed by atoms with van der Waals surface area (Å²) in [5.74, 6) is 0. The van der Waals surface area contributed by atoms with Crippen molar-refractivity contribution in [2.24, 2.45) is 0 Å². The molecule has 1 fully saturated rings. The van der Waals surface area contributed by atoms with Crippen molar-refractivity contribution in [3.63, 3.8) is 0 Å². The topological polar surface area (TPSA) is 46.2 Å². The van der Waals surface area contributed by atoms with Crippen LogP contribution in [0.4, 0.5) is 5.69 Å². The van der Waals surface area contributed by atoms with Gasteiger partial charge in [-0.25, -0.2) is 8.42 Å². The molecule has 0 atom stereocenters. The number of anilines is 1. The fourth-order valence-electron chi connectivity index (χ4n) is 1.48. The Morgan fingerprint density at radius 2 is 1.88 bits per heavy atom. The largest absolute Gasteiger partial charge is 0.283 e. The van der Waals surface area contributed by atoms with Crippen molar-refractivity contribution in [2.45, 2.75) is 25.0 Å². The lowest BCUT2D eigenvalue weighted by Crippen LogP contribution is -2.17. The first kappa shape index (κ1) is 11.2. The van der Waals surface area contributed by atoms with Crippen LogP contribution in [-0.2, 0) is 10.0 Å². The van der Waals surface area contributed by atoms with Crippen LogP contribution in [0.2, 0.25) is 0 Å². The van der Waals surface area contributed by atoms with Gasteiger partial charge < -0.3 is 0 Å². The Kier molecular flexibility index (Phi) is 3.01. The summed E-state index contributed by atoms with van der Waals surface area (Å²) in [4.78, 5) is 0. The molecule has 0 amide bonds. The van der Waals surface area contributed by atoms with Crippen molar-refractivity contribution in [3.05, 3.63) is 35.9 Å². The van der Waals surface area contributed by atoms with E-state index in [1.807, 2.05) is 31.2 Å². The monoisotopic (exact) mass is 237 g/mol. The van der Waals surface area contributed by atoms with Crippen molar-refractivity contribution >= 4 is 21.8 Å². The quantitative estimate of drug-likeness (QED) is 0.875. The third-order valence-electron chi connectivity index (χ3n) is 2.49. The standard InChI is InChI=1S/C12H15NO2S/c1-2-3-10-4-6-11(7-5-10)13-16(14,15)12-8-9-12/h2-7,12-13H,8-9H2,1H3. The number of hydrogen-bond acceptors (Lipinski definition) is 2. The Bertz CT molecular complexity index is 484. The second-order valence-electron chi connectivity index (χ2n) is 3.97. The van der Waals surface area contributed by atoms with Crippen molar-refractivity contribution in [1.82, 2.24) is 0 Å². The molecule has 1 aromatic rings. The fraction of sp³-hybridized carbons (Fsp3) is 0.333. The van der Waals surface area contributed by atoms with E-state index >= 15 is 0 Å². The lowest BCUT2D eigenvalue weighted by molar-refractivity contribution is 0.600. The zero-order valence-corrected chi connectivity index (χ0v) is 10.00. The molecule has 0 spiro atoms. The number of nitrogens with one attached hydrogen (secondary N) is 1. The van der Waals surface area contributed by atoms with Gasteiger partial charge in [-0.3, -0.25) is 4.72 Å². The predicted octanol–water partition coefficient (Wildman–Crippen LogP) is 2.62. The Labute approximate surface area is 96.2 Å². The van der Waals surface area contributed by atoms with Gasteiger partial charge in [-0.2, -0.15) is 0 Å². The second kappa shape index (κ2) is 4.29. The van der Waals surface area contributed by atoms with Gasteiger partial charge in [0.1, 0.15) is 0 Å². The van der Waals surface area contributed by atoms with Gasteiger partial charge in [0.05, 0.1) is 5.25 Å². The average molecular weight is 237 g/mol. The molecular formula is C12H15NO2S. The van der Waals surface area contributed by atoms with Crippen LogP contribution >= 0.6 is 0 Å². The summed E-state index contributed by atoms with van der Waals surface area (Å²) in [5.41, 5.74) is 1.71. The number of rotatable bonds is 4. The van der Waals surface area contributed by atoms with Crippen LogP contribution in [0, 0.1) is 0 Å². The first-order valence-corrected chi connectivity index (χ1v) is 6.91. The third-order valence-corrected chi connectivity index (χ3v) is 4.36. The Morgan fingerprint density at radius 3 is 2.38 bits per heavy atom. The number of hydrogen-bond donors (Lipinski definition) is 1. The van der Waals surface area contributed by atoms with E-state index in [-0.39, 0.29) is 5.25 Å². The summed E-state index contributed by atoms with van der Waals surface area (Å²) < 4.78 is 25.9. The molecule has 0 bridgehead atoms. The number of sulfonamides is 1. The summed E-state index contributed by atoms with van der Waals surface area (Å²) in [6.45, 7) is 1.95. The first-order chi connectivity index (χ1) is 7.62. The van der Waals surface area contributed by atoms with E-state index in [9.17, 15) is 8.42 Å². The average Bonchev–Trinajstić information content (AvgIpc) is 3.04. The SMILES string of the molecule is CC=Cc1ccc(NS(=O)(=O)C2CC2)cc1. The lowest BCUT2D eigenvalue weighted by Gasteiger charge is -2.06. The van der Waals surface area contributed by atoms with Crippen molar-refractivity contribution < 1.29 is 8.42 Å². The van der Waals surface area contributed by atoms with Gasteiger partial charge in [-0.1, -0.05) is 24.3 Å². The molecule has 1 aliphatic rings. The van der Waals surface area contributed by atoms with E-state index in [1.54, 1.807) is 12.1 Å². The van der Waals surface area contributed by atoms with Gasteiger partial charge >= 0.3 is 0 Å². The van der Waals surface area contributed by atoms with Gasteiger partial charge in [-0.15, -0.1) is 0 Å². The van der Waals surface area contributed by atoms with Gasteiger partial charge in [0.25, 0.3) is 0 Å². The van der Waals surface area contributed by atoms with E-state index in [4.69, 9.17) is 0 Å². The molecule has 0 heterocycles. The molecule has 0 aliphatic heterocycles. The molecule has 0 radical (unpaired) electrons. The Hall–Kier alpha value is -1.29. The summed E-state index contributed by atoms with van der Waals surface area (Å²) in [6, 6.07) is 7.36. The van der Waals surface area contributed by atoms with Crippen molar-refractivity contribution in [1.29, 1.82) is 0 Å². The Balaban J connectivity index is 2.10. The summed E-state index contributed by atoms with van der Waals surface area (Å²) >= 11 is 0. The highest BCUT2D eigenvalue weighted by atomic mass is 32.2. The number of benzene rings is 1. The second-order valence-corrected chi connectivity index (χ2v) is 5.93. The fourth-order valence-corrected chi connectivity index (χ4v) is 2.87. The highest BCUT2D eigenvalue weighted by Crippen LogP contribution is 2.29. The molecule has 1 aliphatic carbocycles. The summed E-state index contributed by atoms with van der Waals surface area (Å²) in [6.07, 6.45) is 5.49. The van der Waals surface area contributed by atoms with Gasteiger partial charge in [0, 0.05) is 5.69 Å². The third kappa shape index (κ3) is 2.64. The maximum atomic E-state index is 11.6. The summed E-state index contributed by atoms with van der Waals surface area (Å²) in [7, 11) is -3.13. The predicted molar refractivity (Wildman–Crippen MR) is 66.7 cm³/mol. The maximum absolute atomic E-state index is 11.6. The Morgan fingerprint density at radius 1 is 1.25 bits per heavy atom. The summed E-state index contributed by atoms with van der Waals surface area (Å²) in [5, 5.41) is -0.178. The maximum Gasteiger partial charge on any atom is 0.235 e. The van der Waals surface area contributed by atoms with Crippen LogP contribution in [0.3, 0.4) is 0 Å². The minimum Gasteiger partial charge on any atom is -0.283 e. The van der Waals surface area contributed by atoms with E-state index in [2.05, 4.69) is 4.72 Å².